The van der Waals surface area contributed by atoms with E-state index in [1.807, 2.05) is 12.1 Å². The molecule has 3 rings (SSSR count). The van der Waals surface area contributed by atoms with E-state index in [2.05, 4.69) is 44.8 Å². The summed E-state index contributed by atoms with van der Waals surface area (Å²) in [7, 11) is 1.74. The number of rotatable bonds is 6. The first kappa shape index (κ1) is 18.4. The number of hydrogen-bond donors (Lipinski definition) is 2. The second-order valence-corrected chi connectivity index (χ2v) is 6.57. The molecular formula is C21H27FN4. The lowest BCUT2D eigenvalue weighted by Crippen LogP contribution is -2.42. The van der Waals surface area contributed by atoms with E-state index in [0.717, 1.165) is 19.6 Å². The smallest absolute Gasteiger partial charge is 0.191 e. The number of guanidine groups is 1. The van der Waals surface area contributed by atoms with E-state index in [0.29, 0.717) is 24.1 Å². The number of benzene rings is 2. The van der Waals surface area contributed by atoms with Crippen molar-refractivity contribution in [2.75, 3.05) is 26.7 Å². The zero-order valence-corrected chi connectivity index (χ0v) is 15.3. The van der Waals surface area contributed by atoms with Gasteiger partial charge in [-0.3, -0.25) is 9.89 Å². The highest BCUT2D eigenvalue weighted by molar-refractivity contribution is 5.79. The monoisotopic (exact) mass is 354 g/mol. The summed E-state index contributed by atoms with van der Waals surface area (Å²) in [6, 6.07) is 17.7. The van der Waals surface area contributed by atoms with Crippen LogP contribution in [0, 0.1) is 5.82 Å². The maximum absolute atomic E-state index is 13.8. The van der Waals surface area contributed by atoms with E-state index in [-0.39, 0.29) is 5.82 Å². The molecule has 1 saturated heterocycles. The van der Waals surface area contributed by atoms with Crippen LogP contribution in [0.1, 0.15) is 30.0 Å². The first-order valence-electron chi connectivity index (χ1n) is 9.25. The van der Waals surface area contributed by atoms with Crippen LogP contribution in [-0.4, -0.2) is 37.5 Å². The van der Waals surface area contributed by atoms with E-state index in [4.69, 9.17) is 0 Å². The Kier molecular flexibility index (Phi) is 6.61. The summed E-state index contributed by atoms with van der Waals surface area (Å²) in [6.07, 6.45) is 2.51. The molecule has 2 aromatic rings. The fourth-order valence-electron chi connectivity index (χ4n) is 3.42. The first-order valence-corrected chi connectivity index (χ1v) is 9.25. The fraction of sp³-hybridized carbons (Fsp3) is 0.381. The Morgan fingerprint density at radius 1 is 1.04 bits per heavy atom. The van der Waals surface area contributed by atoms with Crippen molar-refractivity contribution < 1.29 is 4.39 Å². The molecule has 1 unspecified atom stereocenters. The minimum atomic E-state index is -0.199. The van der Waals surface area contributed by atoms with Gasteiger partial charge in [0.05, 0.1) is 6.04 Å². The van der Waals surface area contributed by atoms with Gasteiger partial charge in [-0.25, -0.2) is 4.39 Å². The molecule has 1 heterocycles. The van der Waals surface area contributed by atoms with Gasteiger partial charge in [0, 0.05) is 25.7 Å². The summed E-state index contributed by atoms with van der Waals surface area (Å²) in [5, 5.41) is 6.61. The van der Waals surface area contributed by atoms with Gasteiger partial charge in [-0.05, 0) is 37.6 Å². The highest BCUT2D eigenvalue weighted by Crippen LogP contribution is 2.24. The fourth-order valence-corrected chi connectivity index (χ4v) is 3.42. The molecule has 138 valence electrons. The topological polar surface area (TPSA) is 39.7 Å². The predicted octanol–water partition coefficient (Wildman–Crippen LogP) is 3.33. The second-order valence-electron chi connectivity index (χ2n) is 6.57. The van der Waals surface area contributed by atoms with Crippen molar-refractivity contribution in [2.24, 2.45) is 4.99 Å². The summed E-state index contributed by atoms with van der Waals surface area (Å²) in [4.78, 5) is 6.80. The lowest BCUT2D eigenvalue weighted by atomic mass is 10.1. The summed E-state index contributed by atoms with van der Waals surface area (Å²) in [5.41, 5.74) is 1.95. The molecule has 0 aliphatic carbocycles. The number of nitrogens with one attached hydrogen (secondary N) is 2. The van der Waals surface area contributed by atoms with E-state index in [1.54, 1.807) is 19.2 Å². The molecule has 1 aliphatic heterocycles. The number of halogens is 1. The molecule has 2 N–H and O–H groups in total. The van der Waals surface area contributed by atoms with Gasteiger partial charge in [-0.1, -0.05) is 48.5 Å². The molecular weight excluding hydrogens is 327 g/mol. The number of aliphatic imine (C=N–C) groups is 1. The molecule has 1 atom stereocenters. The third-order valence-corrected chi connectivity index (χ3v) is 4.86. The summed E-state index contributed by atoms with van der Waals surface area (Å²) < 4.78 is 13.8. The molecule has 0 bridgehead atoms. The van der Waals surface area contributed by atoms with Gasteiger partial charge in [-0.2, -0.15) is 0 Å². The minimum absolute atomic E-state index is 0.199. The van der Waals surface area contributed by atoms with Crippen LogP contribution in [0.2, 0.25) is 0 Å². The van der Waals surface area contributed by atoms with Gasteiger partial charge in [0.2, 0.25) is 0 Å². The Morgan fingerprint density at radius 3 is 2.42 bits per heavy atom. The summed E-state index contributed by atoms with van der Waals surface area (Å²) in [6.45, 7) is 3.43. The average Bonchev–Trinajstić information content (AvgIpc) is 3.21. The third-order valence-electron chi connectivity index (χ3n) is 4.86. The molecule has 1 aliphatic rings. The largest absolute Gasteiger partial charge is 0.354 e. The average molecular weight is 354 g/mol. The zero-order valence-electron chi connectivity index (χ0n) is 15.3. The molecule has 26 heavy (non-hydrogen) atoms. The van der Waals surface area contributed by atoms with Crippen molar-refractivity contribution in [3.63, 3.8) is 0 Å². The van der Waals surface area contributed by atoms with Crippen molar-refractivity contribution in [1.29, 1.82) is 0 Å². The van der Waals surface area contributed by atoms with Gasteiger partial charge < -0.3 is 10.6 Å². The predicted molar refractivity (Wildman–Crippen MR) is 105 cm³/mol. The van der Waals surface area contributed by atoms with Gasteiger partial charge in [-0.15, -0.1) is 0 Å². The van der Waals surface area contributed by atoms with Crippen molar-refractivity contribution in [3.05, 3.63) is 71.5 Å². The van der Waals surface area contributed by atoms with Gasteiger partial charge in [0.15, 0.2) is 5.96 Å². The Balaban J connectivity index is 1.60. The molecule has 4 nitrogen and oxygen atoms in total. The van der Waals surface area contributed by atoms with Crippen LogP contribution >= 0.6 is 0 Å². The van der Waals surface area contributed by atoms with Crippen LogP contribution in [0.5, 0.6) is 0 Å². The molecule has 0 saturated carbocycles. The van der Waals surface area contributed by atoms with Crippen LogP contribution < -0.4 is 10.6 Å². The maximum atomic E-state index is 13.8. The minimum Gasteiger partial charge on any atom is -0.354 e. The Bertz CT molecular complexity index is 711. The first-order chi connectivity index (χ1) is 12.8. The van der Waals surface area contributed by atoms with E-state index < -0.39 is 0 Å². The lowest BCUT2D eigenvalue weighted by molar-refractivity contribution is 0.245. The zero-order chi connectivity index (χ0) is 18.2. The number of likely N-dealkylation sites (tertiary alicyclic amines) is 1. The van der Waals surface area contributed by atoms with Crippen molar-refractivity contribution in [1.82, 2.24) is 15.5 Å². The van der Waals surface area contributed by atoms with Gasteiger partial charge in [0.25, 0.3) is 0 Å². The quantitative estimate of drug-likeness (QED) is 0.617. The van der Waals surface area contributed by atoms with Crippen molar-refractivity contribution >= 4 is 5.96 Å². The van der Waals surface area contributed by atoms with Crippen LogP contribution in [0.25, 0.3) is 0 Å². The number of hydrogen-bond acceptors (Lipinski definition) is 2. The SMILES string of the molecule is CN=C(NCc1ccccc1F)NCC(c1ccccc1)N1CCCC1. The van der Waals surface area contributed by atoms with Crippen LogP contribution in [-0.2, 0) is 6.54 Å². The number of nitrogens with zero attached hydrogens (tertiary/aromatic N) is 2. The standard InChI is InChI=1S/C21H27FN4/c1-23-21(24-15-18-11-5-6-12-19(18)22)25-16-20(26-13-7-8-14-26)17-9-3-2-4-10-17/h2-6,9-12,20H,7-8,13-16H2,1H3,(H2,23,24,25). The van der Waals surface area contributed by atoms with Crippen LogP contribution in [0.3, 0.4) is 0 Å². The molecule has 0 spiro atoms. The van der Waals surface area contributed by atoms with E-state index >= 15 is 0 Å². The Labute approximate surface area is 155 Å². The molecule has 2 aromatic carbocycles. The third kappa shape index (κ3) is 4.82. The van der Waals surface area contributed by atoms with Crippen molar-refractivity contribution in [2.45, 2.75) is 25.4 Å². The van der Waals surface area contributed by atoms with E-state index in [9.17, 15) is 4.39 Å². The van der Waals surface area contributed by atoms with Gasteiger partial charge in [0.1, 0.15) is 5.82 Å². The molecule has 0 aromatic heterocycles. The van der Waals surface area contributed by atoms with Crippen molar-refractivity contribution in [3.8, 4) is 0 Å². The normalized spacial score (nSPS) is 16.5. The van der Waals surface area contributed by atoms with Crippen LogP contribution in [0.4, 0.5) is 4.39 Å². The molecule has 1 fully saturated rings. The molecule has 0 amide bonds. The molecule has 0 radical (unpaired) electrons. The lowest BCUT2D eigenvalue weighted by Gasteiger charge is -2.29. The summed E-state index contributed by atoms with van der Waals surface area (Å²) >= 11 is 0. The highest BCUT2D eigenvalue weighted by Gasteiger charge is 2.23. The van der Waals surface area contributed by atoms with Gasteiger partial charge >= 0.3 is 0 Å². The van der Waals surface area contributed by atoms with Crippen LogP contribution in [0.15, 0.2) is 59.6 Å². The van der Waals surface area contributed by atoms with E-state index in [1.165, 1.54) is 24.5 Å². The summed E-state index contributed by atoms with van der Waals surface area (Å²) in [5.74, 6) is 0.489. The Morgan fingerprint density at radius 2 is 1.73 bits per heavy atom. The second kappa shape index (κ2) is 9.34. The highest BCUT2D eigenvalue weighted by atomic mass is 19.1. The maximum Gasteiger partial charge on any atom is 0.191 e. The Hall–Kier alpha value is -2.40. The molecule has 5 heteroatoms.